The standard InChI is InChI=1S/C28H42N4O2S.C2H6/c1-6-16-31(4)24(3)9-7-8-23(2)29-21-25-10-11-28(22-30-25)35(5,33)27-12-17-32(18-13-27)26-14-19-34-20-15-26;1-2/h6-7,9-11,16,22,26-27,29H,2-3,5,8,12-15,17-21H2,1,4H3;1-2H3/b9-7-,16-6-;. The van der Waals surface area contributed by atoms with Crippen molar-refractivity contribution in [2.75, 3.05) is 33.4 Å². The largest absolute Gasteiger partial charge is 0.383 e. The summed E-state index contributed by atoms with van der Waals surface area (Å²) in [4.78, 5) is 9.84. The molecular weight excluding hydrogens is 480 g/mol. The van der Waals surface area contributed by atoms with Gasteiger partial charge in [0.2, 0.25) is 0 Å². The van der Waals surface area contributed by atoms with Gasteiger partial charge in [0.1, 0.15) is 0 Å². The van der Waals surface area contributed by atoms with Gasteiger partial charge >= 0.3 is 0 Å². The van der Waals surface area contributed by atoms with Crippen LogP contribution in [0.3, 0.4) is 0 Å². The van der Waals surface area contributed by atoms with Crippen LogP contribution in [0.4, 0.5) is 0 Å². The van der Waals surface area contributed by atoms with Crippen LogP contribution in [-0.2, 0) is 20.8 Å². The Kier molecular flexibility index (Phi) is 13.2. The normalized spacial score (nSPS) is 19.2. The Hall–Kier alpha value is -2.35. The molecule has 0 saturated carbocycles. The number of piperidine rings is 1. The number of ether oxygens (including phenoxy) is 1. The number of allylic oxidation sites excluding steroid dienone is 3. The quantitative estimate of drug-likeness (QED) is 0.308. The minimum Gasteiger partial charge on any atom is -0.383 e. The predicted octanol–water partition coefficient (Wildman–Crippen LogP) is 5.36. The van der Waals surface area contributed by atoms with Gasteiger partial charge in [0.25, 0.3) is 0 Å². The van der Waals surface area contributed by atoms with Gasteiger partial charge in [-0.25, -0.2) is 0 Å². The number of hydrogen-bond donors (Lipinski definition) is 1. The average Bonchev–Trinajstić information content (AvgIpc) is 2.94. The Morgan fingerprint density at radius 3 is 2.49 bits per heavy atom. The van der Waals surface area contributed by atoms with Crippen molar-refractivity contribution >= 4 is 15.4 Å². The Bertz CT molecular complexity index is 1000. The number of nitrogens with one attached hydrogen (secondary N) is 1. The molecule has 1 aromatic rings. The highest BCUT2D eigenvalue weighted by molar-refractivity contribution is 8.00. The summed E-state index contributed by atoms with van der Waals surface area (Å²) in [5, 5.41) is 3.43. The Balaban J connectivity index is 0.00000235. The molecule has 2 saturated heterocycles. The van der Waals surface area contributed by atoms with E-state index in [-0.39, 0.29) is 5.25 Å². The second-order valence-electron chi connectivity index (χ2n) is 9.44. The number of likely N-dealkylation sites (tertiary alicyclic amines) is 1. The summed E-state index contributed by atoms with van der Waals surface area (Å²) in [7, 11) is -0.406. The zero-order valence-corrected chi connectivity index (χ0v) is 24.3. The first-order chi connectivity index (χ1) is 17.8. The minimum atomic E-state index is -2.37. The Labute approximate surface area is 226 Å². The summed E-state index contributed by atoms with van der Waals surface area (Å²) in [5.74, 6) is 4.17. The smallest absolute Gasteiger partial charge is 0.0595 e. The van der Waals surface area contributed by atoms with Gasteiger partial charge in [-0.2, -0.15) is 0 Å². The van der Waals surface area contributed by atoms with Gasteiger partial charge in [0.15, 0.2) is 0 Å². The Morgan fingerprint density at radius 1 is 1.22 bits per heavy atom. The van der Waals surface area contributed by atoms with Crippen molar-refractivity contribution in [3.8, 4) is 0 Å². The van der Waals surface area contributed by atoms with E-state index in [2.05, 4.69) is 34.2 Å². The topological polar surface area (TPSA) is 57.7 Å². The van der Waals surface area contributed by atoms with E-state index < -0.39 is 9.52 Å². The maximum absolute atomic E-state index is 13.6. The van der Waals surface area contributed by atoms with Gasteiger partial charge in [-0.15, -0.1) is 0 Å². The van der Waals surface area contributed by atoms with E-state index in [1.807, 2.05) is 69.3 Å². The SMILES string of the molecule is C=C(C/C=C\C(=C)N(C)/C=C\C)NCc1ccc(S(=C)(=O)C2CCN(C3CCOCC3)CC2)cn1.CC. The summed E-state index contributed by atoms with van der Waals surface area (Å²) < 4.78 is 19.1. The van der Waals surface area contributed by atoms with Crippen LogP contribution in [0.25, 0.3) is 0 Å². The van der Waals surface area contributed by atoms with Gasteiger partial charge < -0.3 is 19.9 Å². The van der Waals surface area contributed by atoms with Crippen LogP contribution in [0.5, 0.6) is 0 Å². The number of nitrogens with zero attached hydrogens (tertiary/aromatic N) is 3. The zero-order valence-electron chi connectivity index (χ0n) is 23.5. The molecule has 3 rings (SSSR count). The van der Waals surface area contributed by atoms with E-state index in [0.717, 1.165) is 74.0 Å². The van der Waals surface area contributed by atoms with Gasteiger partial charge in [0, 0.05) is 70.0 Å². The van der Waals surface area contributed by atoms with E-state index in [0.29, 0.717) is 19.0 Å². The molecule has 6 nitrogen and oxygen atoms in total. The summed E-state index contributed by atoms with van der Waals surface area (Å²) in [6, 6.07) is 4.50. The summed E-state index contributed by atoms with van der Waals surface area (Å²) in [5.41, 5.74) is 2.71. The molecule has 2 fully saturated rings. The fourth-order valence-electron chi connectivity index (χ4n) is 4.65. The van der Waals surface area contributed by atoms with Crippen molar-refractivity contribution in [1.82, 2.24) is 20.1 Å². The maximum Gasteiger partial charge on any atom is 0.0595 e. The van der Waals surface area contributed by atoms with Crippen molar-refractivity contribution in [3.05, 3.63) is 73.0 Å². The molecule has 0 spiro atoms. The number of rotatable bonds is 11. The molecule has 37 heavy (non-hydrogen) atoms. The van der Waals surface area contributed by atoms with Crippen molar-refractivity contribution < 1.29 is 8.95 Å². The van der Waals surface area contributed by atoms with E-state index in [9.17, 15) is 4.21 Å². The van der Waals surface area contributed by atoms with Gasteiger partial charge in [-0.1, -0.05) is 39.2 Å². The molecule has 0 radical (unpaired) electrons. The highest BCUT2D eigenvalue weighted by Gasteiger charge is 2.30. The fourth-order valence-corrected chi connectivity index (χ4v) is 6.53. The molecule has 1 unspecified atom stereocenters. The Morgan fingerprint density at radius 2 is 1.89 bits per heavy atom. The molecule has 1 aromatic heterocycles. The first kappa shape index (κ1) is 30.9. The molecule has 7 heteroatoms. The van der Waals surface area contributed by atoms with Crippen LogP contribution in [0.1, 0.15) is 58.6 Å². The summed E-state index contributed by atoms with van der Waals surface area (Å²) in [6.45, 7) is 18.4. The number of hydrogen-bond acceptors (Lipinski definition) is 6. The molecule has 206 valence electrons. The molecule has 0 aromatic carbocycles. The first-order valence-corrected chi connectivity index (χ1v) is 15.4. The zero-order chi connectivity index (χ0) is 27.3. The van der Waals surface area contributed by atoms with E-state index in [4.69, 9.17) is 4.74 Å². The monoisotopic (exact) mass is 528 g/mol. The van der Waals surface area contributed by atoms with Crippen LogP contribution < -0.4 is 5.32 Å². The third-order valence-electron chi connectivity index (χ3n) is 6.94. The lowest BCUT2D eigenvalue weighted by atomic mass is 10.0. The van der Waals surface area contributed by atoms with Crippen LogP contribution in [0, 0.1) is 0 Å². The fraction of sp³-hybridized carbons (Fsp3) is 0.533. The molecule has 1 N–H and O–H groups in total. The molecule has 2 aliphatic rings. The minimum absolute atomic E-state index is 0.109. The number of aromatic nitrogens is 1. The molecule has 0 aliphatic carbocycles. The lowest BCUT2D eigenvalue weighted by molar-refractivity contribution is 0.0278. The highest BCUT2D eigenvalue weighted by atomic mass is 32.2. The van der Waals surface area contributed by atoms with Crippen molar-refractivity contribution in [3.63, 3.8) is 0 Å². The van der Waals surface area contributed by atoms with Crippen LogP contribution in [0.15, 0.2) is 72.2 Å². The van der Waals surface area contributed by atoms with Crippen molar-refractivity contribution in [2.45, 2.75) is 75.6 Å². The average molecular weight is 529 g/mol. The summed E-state index contributed by atoms with van der Waals surface area (Å²) >= 11 is 0. The first-order valence-electron chi connectivity index (χ1n) is 13.6. The van der Waals surface area contributed by atoms with E-state index in [1.165, 1.54) is 0 Å². The van der Waals surface area contributed by atoms with Crippen LogP contribution >= 0.6 is 0 Å². The van der Waals surface area contributed by atoms with Crippen molar-refractivity contribution in [1.29, 1.82) is 0 Å². The van der Waals surface area contributed by atoms with Crippen molar-refractivity contribution in [2.24, 2.45) is 0 Å². The molecule has 1 atom stereocenters. The third-order valence-corrected chi connectivity index (χ3v) is 9.53. The van der Waals surface area contributed by atoms with E-state index in [1.54, 1.807) is 6.20 Å². The number of likely N-dealkylation sites (N-methyl/N-ethyl adjacent to an activating group) is 1. The lowest BCUT2D eigenvalue weighted by Gasteiger charge is -2.39. The third kappa shape index (κ3) is 9.47. The molecule has 2 aliphatic heterocycles. The predicted molar refractivity (Wildman–Crippen MR) is 159 cm³/mol. The second kappa shape index (κ2) is 15.8. The lowest BCUT2D eigenvalue weighted by Crippen LogP contribution is -2.46. The molecule has 3 heterocycles. The molecule has 0 bridgehead atoms. The van der Waals surface area contributed by atoms with Crippen LogP contribution in [-0.4, -0.2) is 69.5 Å². The van der Waals surface area contributed by atoms with E-state index >= 15 is 0 Å². The van der Waals surface area contributed by atoms with Gasteiger partial charge in [-0.05, 0) is 76.0 Å². The molecule has 0 amide bonds. The maximum atomic E-state index is 13.6. The van der Waals surface area contributed by atoms with Gasteiger partial charge in [0.05, 0.1) is 12.2 Å². The molecular formula is C30H48N4O2S. The van der Waals surface area contributed by atoms with Crippen LogP contribution in [0.2, 0.25) is 0 Å². The number of pyridine rings is 1. The summed E-state index contributed by atoms with van der Waals surface area (Å²) in [6.07, 6.45) is 14.5. The van der Waals surface area contributed by atoms with Gasteiger partial charge in [-0.3, -0.25) is 9.19 Å². The highest BCUT2D eigenvalue weighted by Crippen LogP contribution is 2.27. The second-order valence-corrected chi connectivity index (χ2v) is 12.0.